The van der Waals surface area contributed by atoms with E-state index in [1.807, 2.05) is 0 Å². The average molecular weight is 398 g/mol. The van der Waals surface area contributed by atoms with E-state index in [0.29, 0.717) is 10.6 Å². The summed E-state index contributed by atoms with van der Waals surface area (Å²) < 4.78 is 37.5. The van der Waals surface area contributed by atoms with Gasteiger partial charge in [0.05, 0.1) is 4.88 Å². The number of aromatic nitrogens is 2. The van der Waals surface area contributed by atoms with Crippen molar-refractivity contribution < 1.29 is 22.8 Å². The smallest absolute Gasteiger partial charge is 0.321 e. The first kappa shape index (κ1) is 18.0. The molecule has 2 heterocycles. The molecule has 0 radical (unpaired) electrons. The van der Waals surface area contributed by atoms with Crippen LogP contribution in [0.2, 0.25) is 0 Å². The molecule has 2 amide bonds. The predicted molar refractivity (Wildman–Crippen MR) is 91.6 cm³/mol. The second-order valence-electron chi connectivity index (χ2n) is 4.88. The largest absolute Gasteiger partial charge is 0.445 e. The van der Waals surface area contributed by atoms with E-state index >= 15 is 0 Å². The Morgan fingerprint density at radius 1 is 1.00 bits per heavy atom. The fraction of sp³-hybridized carbons (Fsp3) is 0.0667. The van der Waals surface area contributed by atoms with Crippen molar-refractivity contribution in [3.63, 3.8) is 0 Å². The van der Waals surface area contributed by atoms with Gasteiger partial charge in [-0.25, -0.2) is 0 Å². The molecule has 0 saturated carbocycles. The summed E-state index contributed by atoms with van der Waals surface area (Å²) in [6.45, 7) is 0. The van der Waals surface area contributed by atoms with Gasteiger partial charge < -0.3 is 5.32 Å². The Morgan fingerprint density at radius 2 is 1.81 bits per heavy atom. The number of thiophene rings is 1. The first-order chi connectivity index (χ1) is 12.3. The van der Waals surface area contributed by atoms with Crippen LogP contribution in [-0.4, -0.2) is 22.0 Å². The second-order valence-corrected chi connectivity index (χ2v) is 6.80. The molecule has 1 aromatic carbocycles. The van der Waals surface area contributed by atoms with Gasteiger partial charge in [-0.3, -0.25) is 14.9 Å². The molecule has 0 atom stereocenters. The van der Waals surface area contributed by atoms with E-state index < -0.39 is 17.1 Å². The van der Waals surface area contributed by atoms with E-state index in [-0.39, 0.29) is 27.9 Å². The monoisotopic (exact) mass is 398 g/mol. The third-order valence-corrected chi connectivity index (χ3v) is 4.77. The van der Waals surface area contributed by atoms with Crippen LogP contribution < -0.4 is 10.6 Å². The number of rotatable bonds is 4. The van der Waals surface area contributed by atoms with Crippen molar-refractivity contribution in [2.75, 3.05) is 10.6 Å². The zero-order valence-electron chi connectivity index (χ0n) is 12.7. The number of carbonyl (C=O) groups is 2. The highest BCUT2D eigenvalue weighted by Crippen LogP contribution is 2.33. The van der Waals surface area contributed by atoms with Crippen molar-refractivity contribution in [3.8, 4) is 0 Å². The summed E-state index contributed by atoms with van der Waals surface area (Å²) in [6, 6.07) is 9.40. The summed E-state index contributed by atoms with van der Waals surface area (Å²) in [4.78, 5) is 24.7. The summed E-state index contributed by atoms with van der Waals surface area (Å²) >= 11 is 1.50. The first-order valence-corrected chi connectivity index (χ1v) is 8.69. The molecule has 0 aliphatic rings. The maximum absolute atomic E-state index is 12.5. The molecule has 26 heavy (non-hydrogen) atoms. The zero-order valence-corrected chi connectivity index (χ0v) is 14.3. The zero-order chi connectivity index (χ0) is 18.7. The van der Waals surface area contributed by atoms with Gasteiger partial charge in [0.1, 0.15) is 0 Å². The molecule has 11 heteroatoms. The molecule has 0 fully saturated rings. The number of anilines is 2. The summed E-state index contributed by atoms with van der Waals surface area (Å²) in [5.74, 6) is -0.987. The van der Waals surface area contributed by atoms with E-state index in [0.717, 1.165) is 0 Å². The van der Waals surface area contributed by atoms with Crippen molar-refractivity contribution in [2.45, 2.75) is 6.18 Å². The summed E-state index contributed by atoms with van der Waals surface area (Å²) in [5, 5.41) is 11.5. The Morgan fingerprint density at radius 3 is 2.46 bits per heavy atom. The SMILES string of the molecule is O=C(Nc1nnc(C(F)(F)F)s1)c1cccc(NC(=O)c2cccs2)c1. The maximum atomic E-state index is 12.5. The lowest BCUT2D eigenvalue weighted by molar-refractivity contribution is -0.138. The van der Waals surface area contributed by atoms with Crippen molar-refractivity contribution in [2.24, 2.45) is 0 Å². The molecule has 2 aromatic heterocycles. The Hall–Kier alpha value is -2.79. The van der Waals surface area contributed by atoms with Crippen LogP contribution in [0.25, 0.3) is 0 Å². The quantitative estimate of drug-likeness (QED) is 0.692. The van der Waals surface area contributed by atoms with Crippen molar-refractivity contribution in [3.05, 3.63) is 57.2 Å². The van der Waals surface area contributed by atoms with Gasteiger partial charge in [0.25, 0.3) is 11.8 Å². The molecular formula is C15H9F3N4O2S2. The number of alkyl halides is 3. The van der Waals surface area contributed by atoms with Gasteiger partial charge >= 0.3 is 6.18 Å². The third kappa shape index (κ3) is 4.24. The van der Waals surface area contributed by atoms with Crippen LogP contribution in [0.5, 0.6) is 0 Å². The average Bonchev–Trinajstić information content (AvgIpc) is 3.26. The lowest BCUT2D eigenvalue weighted by Crippen LogP contribution is -2.14. The molecule has 0 bridgehead atoms. The van der Waals surface area contributed by atoms with Crippen LogP contribution in [0, 0.1) is 0 Å². The Kier molecular flexibility index (Phi) is 5.00. The fourth-order valence-corrected chi connectivity index (χ4v) is 3.12. The molecule has 0 aliphatic carbocycles. The van der Waals surface area contributed by atoms with Gasteiger partial charge in [0, 0.05) is 11.3 Å². The molecule has 6 nitrogen and oxygen atoms in total. The molecule has 0 saturated heterocycles. The molecule has 134 valence electrons. The van der Waals surface area contributed by atoms with Gasteiger partial charge in [-0.05, 0) is 29.6 Å². The van der Waals surface area contributed by atoms with E-state index in [1.54, 1.807) is 29.6 Å². The molecular weight excluding hydrogens is 389 g/mol. The van der Waals surface area contributed by atoms with Gasteiger partial charge in [-0.1, -0.05) is 23.5 Å². The standard InChI is InChI=1S/C15H9F3N4O2S2/c16-15(17,18)13-21-22-14(26-13)20-11(23)8-3-1-4-9(7-8)19-12(24)10-5-2-6-25-10/h1-7H,(H,19,24)(H,20,22,23). The topological polar surface area (TPSA) is 84.0 Å². The van der Waals surface area contributed by atoms with Gasteiger partial charge in [-0.15, -0.1) is 21.5 Å². The maximum Gasteiger partial charge on any atom is 0.445 e. The number of hydrogen-bond acceptors (Lipinski definition) is 6. The van der Waals surface area contributed by atoms with E-state index in [9.17, 15) is 22.8 Å². The lowest BCUT2D eigenvalue weighted by atomic mass is 10.2. The van der Waals surface area contributed by atoms with Crippen molar-refractivity contribution in [1.82, 2.24) is 10.2 Å². The van der Waals surface area contributed by atoms with Gasteiger partial charge in [0.2, 0.25) is 10.1 Å². The number of halogens is 3. The van der Waals surface area contributed by atoms with Gasteiger partial charge in [-0.2, -0.15) is 13.2 Å². The van der Waals surface area contributed by atoms with Crippen LogP contribution in [0.4, 0.5) is 24.0 Å². The minimum absolute atomic E-state index is 0.151. The number of hydrogen-bond donors (Lipinski definition) is 2. The molecule has 2 N–H and O–H groups in total. The highest BCUT2D eigenvalue weighted by Gasteiger charge is 2.35. The summed E-state index contributed by atoms with van der Waals surface area (Å²) in [7, 11) is 0. The first-order valence-electron chi connectivity index (χ1n) is 7.00. The highest BCUT2D eigenvalue weighted by atomic mass is 32.1. The predicted octanol–water partition coefficient (Wildman–Crippen LogP) is 4.12. The van der Waals surface area contributed by atoms with Crippen LogP contribution >= 0.6 is 22.7 Å². The number of nitrogens with one attached hydrogen (secondary N) is 2. The molecule has 0 aliphatic heterocycles. The summed E-state index contributed by atoms with van der Waals surface area (Å²) in [5.41, 5.74) is 0.530. The van der Waals surface area contributed by atoms with Crippen molar-refractivity contribution >= 4 is 45.3 Å². The normalized spacial score (nSPS) is 11.2. The second kappa shape index (κ2) is 7.22. The van der Waals surface area contributed by atoms with Crippen LogP contribution in [-0.2, 0) is 6.18 Å². The number of benzene rings is 1. The minimum Gasteiger partial charge on any atom is -0.321 e. The number of nitrogens with zero attached hydrogens (tertiary/aromatic N) is 2. The van der Waals surface area contributed by atoms with E-state index in [4.69, 9.17) is 0 Å². The molecule has 0 spiro atoms. The fourth-order valence-electron chi connectivity index (χ4n) is 1.90. The third-order valence-electron chi connectivity index (χ3n) is 3.02. The molecule has 0 unspecified atom stereocenters. The minimum atomic E-state index is -4.62. The number of amides is 2. The number of carbonyl (C=O) groups excluding carboxylic acids is 2. The van der Waals surface area contributed by atoms with Gasteiger partial charge in [0.15, 0.2) is 0 Å². The molecule has 3 rings (SSSR count). The van der Waals surface area contributed by atoms with E-state index in [1.165, 1.54) is 23.5 Å². The Balaban J connectivity index is 1.70. The van der Waals surface area contributed by atoms with Crippen LogP contribution in [0.15, 0.2) is 41.8 Å². The highest BCUT2D eigenvalue weighted by molar-refractivity contribution is 7.15. The van der Waals surface area contributed by atoms with E-state index in [2.05, 4.69) is 20.8 Å². The molecule has 3 aromatic rings. The van der Waals surface area contributed by atoms with Crippen molar-refractivity contribution in [1.29, 1.82) is 0 Å². The lowest BCUT2D eigenvalue weighted by Gasteiger charge is -2.06. The summed E-state index contributed by atoms with van der Waals surface area (Å²) in [6.07, 6.45) is -4.62. The Labute approximate surface area is 152 Å². The van der Waals surface area contributed by atoms with Crippen LogP contribution in [0.1, 0.15) is 25.0 Å². The van der Waals surface area contributed by atoms with Crippen LogP contribution in [0.3, 0.4) is 0 Å². The Bertz CT molecular complexity index is 939.